The second-order valence-electron chi connectivity index (χ2n) is 6.47. The number of benzene rings is 2. The highest BCUT2D eigenvalue weighted by Crippen LogP contribution is 2.42. The molecule has 1 atom stereocenters. The smallest absolute Gasteiger partial charge is 0.290 e. The maximum Gasteiger partial charge on any atom is 0.290 e. The molecule has 0 saturated carbocycles. The molecule has 0 fully saturated rings. The van der Waals surface area contributed by atoms with E-state index in [0.29, 0.717) is 28.6 Å². The molecule has 0 aromatic heterocycles. The molecule has 0 spiro atoms. The van der Waals surface area contributed by atoms with Crippen LogP contribution in [0.4, 0.5) is 0 Å². The molecule has 1 aliphatic heterocycles. The molecule has 0 radical (unpaired) electrons. The largest absolute Gasteiger partial charge is 0.502 e. The van der Waals surface area contributed by atoms with Gasteiger partial charge in [-0.15, -0.1) is 0 Å². The van der Waals surface area contributed by atoms with Gasteiger partial charge in [-0.25, -0.2) is 8.42 Å². The number of carbonyl (C=O) groups excluding carboxylic acids is 1. The van der Waals surface area contributed by atoms with E-state index in [2.05, 4.69) is 0 Å². The van der Waals surface area contributed by atoms with Crippen molar-refractivity contribution in [3.63, 3.8) is 0 Å². The summed E-state index contributed by atoms with van der Waals surface area (Å²) in [6, 6.07) is 11.1. The van der Waals surface area contributed by atoms with Crippen LogP contribution in [0.2, 0.25) is 10.0 Å². The van der Waals surface area contributed by atoms with Gasteiger partial charge in [-0.05, 0) is 48.4 Å². The van der Waals surface area contributed by atoms with Crippen LogP contribution < -0.4 is 0 Å². The number of hydrogen-bond donors (Lipinski definition) is 1. The average molecular weight is 456 g/mol. The van der Waals surface area contributed by atoms with Crippen molar-refractivity contribution >= 4 is 38.9 Å². The van der Waals surface area contributed by atoms with Gasteiger partial charge in [0.25, 0.3) is 5.91 Å². The third kappa shape index (κ3) is 4.28. The Morgan fingerprint density at radius 3 is 2.14 bits per heavy atom. The highest BCUT2D eigenvalue weighted by Gasteiger charge is 2.46. The number of carbonyl (C=O) groups is 1. The van der Waals surface area contributed by atoms with Crippen molar-refractivity contribution in [2.75, 3.05) is 20.3 Å². The predicted octanol–water partition coefficient (Wildman–Crippen LogP) is 4.16. The van der Waals surface area contributed by atoms with Gasteiger partial charge in [0, 0.05) is 30.3 Å². The van der Waals surface area contributed by atoms with Gasteiger partial charge in [0.15, 0.2) is 5.76 Å². The van der Waals surface area contributed by atoms with E-state index in [0.717, 1.165) is 0 Å². The Morgan fingerprint density at radius 1 is 1.03 bits per heavy atom. The van der Waals surface area contributed by atoms with Gasteiger partial charge in [-0.1, -0.05) is 35.3 Å². The van der Waals surface area contributed by atoms with Crippen LogP contribution in [0.25, 0.3) is 0 Å². The normalized spacial score (nSPS) is 17.3. The van der Waals surface area contributed by atoms with E-state index in [1.807, 2.05) is 0 Å². The number of hydrogen-bond acceptors (Lipinski definition) is 5. The fourth-order valence-corrected chi connectivity index (χ4v) is 5.13. The van der Waals surface area contributed by atoms with Crippen LogP contribution in [0, 0.1) is 0 Å². The average Bonchev–Trinajstić information content (AvgIpc) is 2.94. The number of nitrogens with zero attached hydrogens (tertiary/aromatic N) is 1. The van der Waals surface area contributed by atoms with Crippen molar-refractivity contribution in [1.29, 1.82) is 0 Å². The van der Waals surface area contributed by atoms with E-state index in [1.165, 1.54) is 36.3 Å². The lowest BCUT2D eigenvalue weighted by atomic mass is 10.1. The van der Waals surface area contributed by atoms with Crippen LogP contribution in [-0.2, 0) is 19.4 Å². The van der Waals surface area contributed by atoms with E-state index in [-0.39, 0.29) is 16.3 Å². The number of aliphatic hydroxyl groups excluding tert-OH is 1. The lowest BCUT2D eigenvalue weighted by Gasteiger charge is -2.27. The Labute approximate surface area is 179 Å². The molecule has 0 bridgehead atoms. The van der Waals surface area contributed by atoms with Gasteiger partial charge < -0.3 is 14.7 Å². The fourth-order valence-electron chi connectivity index (χ4n) is 3.23. The summed E-state index contributed by atoms with van der Waals surface area (Å²) in [4.78, 5) is 13.7. The molecule has 1 heterocycles. The van der Waals surface area contributed by atoms with Crippen LogP contribution in [0.5, 0.6) is 0 Å². The van der Waals surface area contributed by atoms with Crippen molar-refractivity contribution in [2.45, 2.75) is 17.4 Å². The Morgan fingerprint density at radius 2 is 1.59 bits per heavy atom. The minimum Gasteiger partial charge on any atom is -0.502 e. The monoisotopic (exact) mass is 455 g/mol. The van der Waals surface area contributed by atoms with E-state index in [1.54, 1.807) is 24.3 Å². The number of sulfone groups is 1. The molecule has 0 aliphatic carbocycles. The first-order valence-corrected chi connectivity index (χ1v) is 11.0. The standard InChI is InChI=1S/C20H19Cl2NO5S/c1-28-12-2-11-23-17(13-3-5-14(21)6-4-13)19(18(24)20(23)25)29(26,27)16-9-7-15(22)8-10-16/h3-10,17,24H,2,11-12H2,1H3/t17-/m1/s1. The molecule has 154 valence electrons. The number of halogens is 2. The minimum atomic E-state index is -4.16. The summed E-state index contributed by atoms with van der Waals surface area (Å²) < 4.78 is 31.7. The molecular formula is C20H19Cl2NO5S. The fraction of sp³-hybridized carbons (Fsp3) is 0.250. The molecule has 2 aromatic carbocycles. The summed E-state index contributed by atoms with van der Waals surface area (Å²) in [5, 5.41) is 11.4. The van der Waals surface area contributed by atoms with Crippen LogP contribution in [-0.4, -0.2) is 44.6 Å². The van der Waals surface area contributed by atoms with E-state index >= 15 is 0 Å². The third-order valence-electron chi connectivity index (χ3n) is 4.60. The van der Waals surface area contributed by atoms with Gasteiger partial charge in [0.05, 0.1) is 10.9 Å². The summed E-state index contributed by atoms with van der Waals surface area (Å²) in [6.45, 7) is 0.598. The molecule has 1 N–H and O–H groups in total. The molecule has 29 heavy (non-hydrogen) atoms. The topological polar surface area (TPSA) is 83.9 Å². The van der Waals surface area contributed by atoms with Gasteiger partial charge in [-0.2, -0.15) is 0 Å². The molecule has 2 aromatic rings. The summed E-state index contributed by atoms with van der Waals surface area (Å²) in [5.74, 6) is -1.52. The number of aliphatic hydroxyl groups is 1. The van der Waals surface area contributed by atoms with E-state index in [9.17, 15) is 18.3 Å². The quantitative estimate of drug-likeness (QED) is 0.633. The first-order chi connectivity index (χ1) is 13.8. The molecule has 1 amide bonds. The first-order valence-electron chi connectivity index (χ1n) is 8.76. The summed E-state index contributed by atoms with van der Waals surface area (Å²) >= 11 is 11.8. The second-order valence-corrected chi connectivity index (χ2v) is 9.26. The molecular weight excluding hydrogens is 437 g/mol. The first kappa shape index (κ1) is 21.6. The van der Waals surface area contributed by atoms with Crippen molar-refractivity contribution < 1.29 is 23.1 Å². The van der Waals surface area contributed by atoms with Crippen LogP contribution in [0.1, 0.15) is 18.0 Å². The molecule has 0 unspecified atom stereocenters. The van der Waals surface area contributed by atoms with Gasteiger partial charge in [0.1, 0.15) is 4.91 Å². The van der Waals surface area contributed by atoms with Crippen LogP contribution in [0.15, 0.2) is 64.1 Å². The third-order valence-corrected chi connectivity index (χ3v) is 7.00. The van der Waals surface area contributed by atoms with Crippen molar-refractivity contribution in [1.82, 2.24) is 4.90 Å². The maximum atomic E-state index is 13.3. The molecule has 0 saturated heterocycles. The summed E-state index contributed by atoms with van der Waals surface area (Å²) in [7, 11) is -2.63. The summed E-state index contributed by atoms with van der Waals surface area (Å²) in [6.07, 6.45) is 0.480. The van der Waals surface area contributed by atoms with E-state index < -0.39 is 27.5 Å². The number of rotatable bonds is 7. The Hall–Kier alpha value is -2.06. The zero-order valence-electron chi connectivity index (χ0n) is 15.5. The minimum absolute atomic E-state index is 0.0612. The van der Waals surface area contributed by atoms with E-state index in [4.69, 9.17) is 27.9 Å². The van der Waals surface area contributed by atoms with Crippen molar-refractivity contribution in [3.05, 3.63) is 74.8 Å². The zero-order chi connectivity index (χ0) is 21.2. The molecule has 1 aliphatic rings. The lowest BCUT2D eigenvalue weighted by Crippen LogP contribution is -2.32. The van der Waals surface area contributed by atoms with Crippen LogP contribution >= 0.6 is 23.2 Å². The highest BCUT2D eigenvalue weighted by molar-refractivity contribution is 7.95. The number of amides is 1. The predicted molar refractivity (Wildman–Crippen MR) is 111 cm³/mol. The van der Waals surface area contributed by atoms with Gasteiger partial charge in [0.2, 0.25) is 9.84 Å². The Bertz CT molecular complexity index is 1030. The van der Waals surface area contributed by atoms with Crippen LogP contribution in [0.3, 0.4) is 0 Å². The SMILES string of the molecule is COCCCN1C(=O)C(O)=C(S(=O)(=O)c2ccc(Cl)cc2)[C@H]1c1ccc(Cl)cc1. The van der Waals surface area contributed by atoms with Gasteiger partial charge >= 0.3 is 0 Å². The second kappa shape index (κ2) is 8.75. The highest BCUT2D eigenvalue weighted by atomic mass is 35.5. The number of methoxy groups -OCH3 is 1. The Balaban J connectivity index is 2.12. The molecule has 9 heteroatoms. The zero-order valence-corrected chi connectivity index (χ0v) is 17.8. The Kier molecular flexibility index (Phi) is 6.53. The van der Waals surface area contributed by atoms with Crippen molar-refractivity contribution in [3.8, 4) is 0 Å². The molecule has 6 nitrogen and oxygen atoms in total. The number of ether oxygens (including phenoxy) is 1. The van der Waals surface area contributed by atoms with Gasteiger partial charge in [-0.3, -0.25) is 4.79 Å². The van der Waals surface area contributed by atoms with Crippen molar-refractivity contribution in [2.24, 2.45) is 0 Å². The lowest BCUT2D eigenvalue weighted by molar-refractivity contribution is -0.129. The summed E-state index contributed by atoms with van der Waals surface area (Å²) in [5.41, 5.74) is 0.525. The maximum absolute atomic E-state index is 13.3. The molecule has 3 rings (SSSR count).